The molecule has 0 bridgehead atoms. The molecular weight excluding hydrogens is 412 g/mol. The number of likely N-dealkylation sites (tertiary alicyclic amines) is 1. The van der Waals surface area contributed by atoms with Gasteiger partial charge in [-0.05, 0) is 31.4 Å². The monoisotopic (exact) mass is 436 g/mol. The van der Waals surface area contributed by atoms with Crippen molar-refractivity contribution in [3.63, 3.8) is 0 Å². The maximum Gasteiger partial charge on any atom is 0.263 e. The molecule has 2 fully saturated rings. The first kappa shape index (κ1) is 21.7. The molecule has 0 radical (unpaired) electrons. The number of nitrogens with two attached hydrogens (primary N) is 1. The minimum absolute atomic E-state index is 0.0276. The molecule has 1 aromatic carbocycles. The molecule has 1 atom stereocenters. The van der Waals surface area contributed by atoms with Gasteiger partial charge in [0, 0.05) is 44.0 Å². The zero-order valence-electron chi connectivity index (χ0n) is 17.6. The summed E-state index contributed by atoms with van der Waals surface area (Å²) >= 11 is 0. The van der Waals surface area contributed by atoms with Crippen molar-refractivity contribution in [1.29, 1.82) is 0 Å². The lowest BCUT2D eigenvalue weighted by atomic mass is 10.0. The molecule has 3 heterocycles. The SMILES string of the molecule is NC1CCN(C(=O)CCC#Cc2cccc3c2C(=O)N(C2CCC(=O)NC2=O)C3=O)CC1. The molecule has 3 aliphatic rings. The van der Waals surface area contributed by atoms with Gasteiger partial charge in [-0.15, -0.1) is 0 Å². The van der Waals surface area contributed by atoms with Crippen LogP contribution in [0.4, 0.5) is 0 Å². The van der Waals surface area contributed by atoms with Gasteiger partial charge in [0.05, 0.1) is 11.1 Å². The number of carbonyl (C=O) groups is 5. The van der Waals surface area contributed by atoms with Crippen LogP contribution in [0.1, 0.15) is 64.8 Å². The molecule has 4 rings (SSSR count). The first-order chi connectivity index (χ1) is 15.4. The number of benzene rings is 1. The highest BCUT2D eigenvalue weighted by atomic mass is 16.2. The molecule has 166 valence electrons. The maximum atomic E-state index is 13.0. The van der Waals surface area contributed by atoms with Gasteiger partial charge in [-0.25, -0.2) is 0 Å². The topological polar surface area (TPSA) is 130 Å². The number of hydrogen-bond acceptors (Lipinski definition) is 6. The Labute approximate surface area is 185 Å². The molecule has 2 saturated heterocycles. The van der Waals surface area contributed by atoms with Crippen LogP contribution in [0.15, 0.2) is 18.2 Å². The summed E-state index contributed by atoms with van der Waals surface area (Å²) in [5, 5.41) is 2.18. The fraction of sp³-hybridized carbons (Fsp3) is 0.435. The van der Waals surface area contributed by atoms with Crippen molar-refractivity contribution < 1.29 is 24.0 Å². The van der Waals surface area contributed by atoms with Crippen molar-refractivity contribution in [3.05, 3.63) is 34.9 Å². The second kappa shape index (κ2) is 8.93. The predicted molar refractivity (Wildman–Crippen MR) is 113 cm³/mol. The van der Waals surface area contributed by atoms with E-state index in [0.717, 1.165) is 17.7 Å². The number of imide groups is 2. The Hall–Kier alpha value is -3.51. The Kier molecular flexibility index (Phi) is 6.06. The highest BCUT2D eigenvalue weighted by molar-refractivity contribution is 6.24. The highest BCUT2D eigenvalue weighted by Gasteiger charge is 2.45. The van der Waals surface area contributed by atoms with Crippen LogP contribution in [0.5, 0.6) is 0 Å². The number of nitrogens with one attached hydrogen (secondary N) is 1. The van der Waals surface area contributed by atoms with Gasteiger partial charge in [-0.1, -0.05) is 17.9 Å². The maximum absolute atomic E-state index is 13.0. The second-order valence-corrected chi connectivity index (χ2v) is 8.20. The quantitative estimate of drug-likeness (QED) is 0.513. The Morgan fingerprint density at radius 2 is 1.84 bits per heavy atom. The van der Waals surface area contributed by atoms with E-state index in [1.807, 2.05) is 0 Å². The largest absolute Gasteiger partial charge is 0.343 e. The van der Waals surface area contributed by atoms with E-state index in [2.05, 4.69) is 17.2 Å². The van der Waals surface area contributed by atoms with Gasteiger partial charge in [0.15, 0.2) is 0 Å². The summed E-state index contributed by atoms with van der Waals surface area (Å²) in [5.41, 5.74) is 6.59. The van der Waals surface area contributed by atoms with Crippen molar-refractivity contribution in [3.8, 4) is 11.8 Å². The molecule has 32 heavy (non-hydrogen) atoms. The predicted octanol–water partition coefficient (Wildman–Crippen LogP) is 0.169. The minimum atomic E-state index is -1.02. The summed E-state index contributed by atoms with van der Waals surface area (Å²) in [6.07, 6.45) is 2.35. The number of fused-ring (bicyclic) bond motifs is 1. The molecule has 3 N–H and O–H groups in total. The van der Waals surface area contributed by atoms with Crippen LogP contribution in [-0.4, -0.2) is 64.5 Å². The lowest BCUT2D eigenvalue weighted by molar-refractivity contribution is -0.136. The van der Waals surface area contributed by atoms with Gasteiger partial charge in [-0.2, -0.15) is 0 Å². The summed E-state index contributed by atoms with van der Waals surface area (Å²) in [7, 11) is 0. The third-order valence-electron chi connectivity index (χ3n) is 6.05. The average Bonchev–Trinajstić information content (AvgIpc) is 3.02. The van der Waals surface area contributed by atoms with Gasteiger partial charge in [0.1, 0.15) is 6.04 Å². The number of amides is 5. The van der Waals surface area contributed by atoms with Crippen molar-refractivity contribution in [1.82, 2.24) is 15.1 Å². The Morgan fingerprint density at radius 1 is 1.09 bits per heavy atom. The summed E-state index contributed by atoms with van der Waals surface area (Å²) < 4.78 is 0. The van der Waals surface area contributed by atoms with Gasteiger partial charge in [0.25, 0.3) is 11.8 Å². The molecule has 0 aromatic heterocycles. The van der Waals surface area contributed by atoms with E-state index in [0.29, 0.717) is 25.1 Å². The van der Waals surface area contributed by atoms with E-state index in [1.165, 1.54) is 6.07 Å². The lowest BCUT2D eigenvalue weighted by Crippen LogP contribution is -2.54. The summed E-state index contributed by atoms with van der Waals surface area (Å²) in [4.78, 5) is 64.5. The molecule has 3 aliphatic heterocycles. The third-order valence-corrected chi connectivity index (χ3v) is 6.05. The van der Waals surface area contributed by atoms with E-state index >= 15 is 0 Å². The Bertz CT molecular complexity index is 1060. The van der Waals surface area contributed by atoms with Crippen LogP contribution in [0.25, 0.3) is 0 Å². The van der Waals surface area contributed by atoms with Gasteiger partial charge in [0.2, 0.25) is 17.7 Å². The van der Waals surface area contributed by atoms with E-state index in [-0.39, 0.29) is 42.3 Å². The van der Waals surface area contributed by atoms with Crippen LogP contribution in [0.2, 0.25) is 0 Å². The smallest absolute Gasteiger partial charge is 0.263 e. The number of carbonyl (C=O) groups excluding carboxylic acids is 5. The van der Waals surface area contributed by atoms with Crippen LogP contribution >= 0.6 is 0 Å². The summed E-state index contributed by atoms with van der Waals surface area (Å²) in [6.45, 7) is 1.32. The zero-order valence-corrected chi connectivity index (χ0v) is 17.6. The fourth-order valence-corrected chi connectivity index (χ4v) is 4.25. The Balaban J connectivity index is 1.45. The third kappa shape index (κ3) is 4.14. The van der Waals surface area contributed by atoms with E-state index in [4.69, 9.17) is 5.73 Å². The Morgan fingerprint density at radius 3 is 2.56 bits per heavy atom. The lowest BCUT2D eigenvalue weighted by Gasteiger charge is -2.30. The first-order valence-corrected chi connectivity index (χ1v) is 10.7. The van der Waals surface area contributed by atoms with Gasteiger partial charge in [-0.3, -0.25) is 34.2 Å². The van der Waals surface area contributed by atoms with Crippen molar-refractivity contribution in [2.24, 2.45) is 5.73 Å². The normalized spacial score (nSPS) is 21.2. The number of rotatable bonds is 3. The van der Waals surface area contributed by atoms with Gasteiger partial charge >= 0.3 is 0 Å². The zero-order chi connectivity index (χ0) is 22.8. The summed E-state index contributed by atoms with van der Waals surface area (Å²) in [5.74, 6) is 3.63. The molecule has 1 aromatic rings. The van der Waals surface area contributed by atoms with E-state index in [9.17, 15) is 24.0 Å². The van der Waals surface area contributed by atoms with E-state index < -0.39 is 29.7 Å². The molecular formula is C23H24N4O5. The highest BCUT2D eigenvalue weighted by Crippen LogP contribution is 2.29. The number of nitrogens with zero attached hydrogens (tertiary/aromatic N) is 2. The standard InChI is InChI=1S/C23H24N4O5/c24-15-10-12-26(13-11-15)19(29)7-2-1-4-14-5-3-6-16-20(14)23(32)27(22(16)31)17-8-9-18(28)25-21(17)30/h3,5-6,15,17H,2,7-13,24H2,(H,25,28,30). The van der Waals surface area contributed by atoms with Crippen molar-refractivity contribution in [2.45, 2.75) is 50.6 Å². The fourth-order valence-electron chi connectivity index (χ4n) is 4.25. The van der Waals surface area contributed by atoms with Crippen LogP contribution in [-0.2, 0) is 14.4 Å². The number of piperidine rings is 2. The molecule has 1 unspecified atom stereocenters. The number of hydrogen-bond donors (Lipinski definition) is 2. The average molecular weight is 436 g/mol. The van der Waals surface area contributed by atoms with Crippen LogP contribution in [0, 0.1) is 11.8 Å². The van der Waals surface area contributed by atoms with Crippen LogP contribution < -0.4 is 11.1 Å². The minimum Gasteiger partial charge on any atom is -0.343 e. The molecule has 5 amide bonds. The van der Waals surface area contributed by atoms with E-state index in [1.54, 1.807) is 17.0 Å². The van der Waals surface area contributed by atoms with Crippen LogP contribution in [0.3, 0.4) is 0 Å². The summed E-state index contributed by atoms with van der Waals surface area (Å²) in [6, 6.07) is 3.93. The van der Waals surface area contributed by atoms with Crippen molar-refractivity contribution in [2.75, 3.05) is 13.1 Å². The second-order valence-electron chi connectivity index (χ2n) is 8.20. The molecule has 9 nitrogen and oxygen atoms in total. The molecule has 0 aliphatic carbocycles. The first-order valence-electron chi connectivity index (χ1n) is 10.7. The van der Waals surface area contributed by atoms with Gasteiger partial charge < -0.3 is 10.6 Å². The molecule has 0 saturated carbocycles. The van der Waals surface area contributed by atoms with Crippen molar-refractivity contribution >= 4 is 29.5 Å². The molecule has 9 heteroatoms. The molecule has 0 spiro atoms.